The fourth-order valence-electron chi connectivity index (χ4n) is 2.73. The topological polar surface area (TPSA) is 29.5 Å². The molecule has 0 aliphatic rings. The molecule has 0 aliphatic carbocycles. The van der Waals surface area contributed by atoms with E-state index in [9.17, 15) is 4.79 Å². The van der Waals surface area contributed by atoms with Crippen molar-refractivity contribution in [2.75, 3.05) is 4.90 Å². The molecule has 1 atom stereocenters. The maximum Gasteiger partial charge on any atom is 0.329 e. The molecule has 3 rings (SSSR count). The lowest BCUT2D eigenvalue weighted by atomic mass is 10.1. The van der Waals surface area contributed by atoms with E-state index < -0.39 is 6.04 Å². The van der Waals surface area contributed by atoms with Gasteiger partial charge >= 0.3 is 5.97 Å². The van der Waals surface area contributed by atoms with Gasteiger partial charge in [-0.05, 0) is 36.8 Å². The Morgan fingerprint density at radius 3 is 1.72 bits per heavy atom. The summed E-state index contributed by atoms with van der Waals surface area (Å²) in [5.41, 5.74) is 2.89. The first kappa shape index (κ1) is 16.8. The summed E-state index contributed by atoms with van der Waals surface area (Å²) in [5, 5.41) is 0. The molecule has 3 nitrogen and oxygen atoms in total. The number of carbonyl (C=O) groups excluding carboxylic acids is 1. The molecule has 0 saturated heterocycles. The van der Waals surface area contributed by atoms with Crippen LogP contribution in [0.3, 0.4) is 0 Å². The van der Waals surface area contributed by atoms with E-state index in [1.807, 2.05) is 103 Å². The number of hydrogen-bond donors (Lipinski definition) is 0. The minimum Gasteiger partial charge on any atom is -0.459 e. The zero-order valence-electron chi connectivity index (χ0n) is 14.2. The van der Waals surface area contributed by atoms with Gasteiger partial charge < -0.3 is 9.64 Å². The summed E-state index contributed by atoms with van der Waals surface area (Å²) in [6, 6.07) is 29.0. The van der Waals surface area contributed by atoms with Crippen LogP contribution in [-0.4, -0.2) is 12.0 Å². The third kappa shape index (κ3) is 4.27. The molecule has 0 radical (unpaired) electrons. The number of para-hydroxylation sites is 2. The van der Waals surface area contributed by atoms with Gasteiger partial charge in [0.2, 0.25) is 0 Å². The molecule has 25 heavy (non-hydrogen) atoms. The van der Waals surface area contributed by atoms with Gasteiger partial charge in [-0.2, -0.15) is 0 Å². The van der Waals surface area contributed by atoms with Crippen LogP contribution < -0.4 is 4.90 Å². The van der Waals surface area contributed by atoms with Crippen LogP contribution in [0.25, 0.3) is 0 Å². The molecule has 0 aliphatic heterocycles. The summed E-state index contributed by atoms with van der Waals surface area (Å²) in [5.74, 6) is -0.253. The standard InChI is InChI=1S/C22H21NO2/c1-18(22(24)25-17-19-11-5-2-6-12-19)23(20-13-7-3-8-14-20)21-15-9-4-10-16-21/h2-16,18H,17H2,1H3/t18-/m0/s1. The first-order chi connectivity index (χ1) is 12.3. The average molecular weight is 331 g/mol. The van der Waals surface area contributed by atoms with E-state index in [4.69, 9.17) is 4.74 Å². The van der Waals surface area contributed by atoms with Crippen LogP contribution >= 0.6 is 0 Å². The van der Waals surface area contributed by atoms with Gasteiger partial charge in [0.1, 0.15) is 12.6 Å². The highest BCUT2D eigenvalue weighted by Crippen LogP contribution is 2.28. The third-order valence-electron chi connectivity index (χ3n) is 4.02. The molecule has 0 unspecified atom stereocenters. The van der Waals surface area contributed by atoms with Crippen LogP contribution in [0.15, 0.2) is 91.0 Å². The van der Waals surface area contributed by atoms with E-state index in [-0.39, 0.29) is 12.6 Å². The summed E-state index contributed by atoms with van der Waals surface area (Å²) in [6.45, 7) is 2.15. The molecule has 126 valence electrons. The van der Waals surface area contributed by atoms with E-state index in [0.717, 1.165) is 16.9 Å². The smallest absolute Gasteiger partial charge is 0.329 e. The molecular weight excluding hydrogens is 310 g/mol. The van der Waals surface area contributed by atoms with Crippen molar-refractivity contribution in [3.63, 3.8) is 0 Å². The van der Waals surface area contributed by atoms with Gasteiger partial charge in [-0.15, -0.1) is 0 Å². The van der Waals surface area contributed by atoms with E-state index in [2.05, 4.69) is 0 Å². The van der Waals surface area contributed by atoms with Gasteiger partial charge in [0, 0.05) is 11.4 Å². The fraction of sp³-hybridized carbons (Fsp3) is 0.136. The molecule has 0 amide bonds. The van der Waals surface area contributed by atoms with Gasteiger partial charge in [0.15, 0.2) is 0 Å². The number of anilines is 2. The molecule has 0 aromatic heterocycles. The number of rotatable bonds is 6. The number of benzene rings is 3. The Balaban J connectivity index is 1.79. The first-order valence-corrected chi connectivity index (χ1v) is 8.35. The average Bonchev–Trinajstić information content (AvgIpc) is 2.69. The number of hydrogen-bond acceptors (Lipinski definition) is 3. The second-order valence-corrected chi connectivity index (χ2v) is 5.81. The maximum absolute atomic E-state index is 12.6. The van der Waals surface area contributed by atoms with Crippen LogP contribution in [0, 0.1) is 0 Å². The molecule has 3 aromatic rings. The minimum atomic E-state index is -0.437. The molecule has 0 N–H and O–H groups in total. The molecular formula is C22H21NO2. The Morgan fingerprint density at radius 1 is 0.800 bits per heavy atom. The van der Waals surface area contributed by atoms with Crippen LogP contribution in [0.1, 0.15) is 12.5 Å². The zero-order chi connectivity index (χ0) is 17.5. The Bertz CT molecular complexity index is 749. The predicted octanol–water partition coefficient (Wildman–Crippen LogP) is 4.96. The van der Waals surface area contributed by atoms with Crippen LogP contribution in [-0.2, 0) is 16.1 Å². The molecule has 3 aromatic carbocycles. The number of esters is 1. The van der Waals surface area contributed by atoms with Crippen molar-refractivity contribution in [3.8, 4) is 0 Å². The van der Waals surface area contributed by atoms with Crippen LogP contribution in [0.2, 0.25) is 0 Å². The summed E-state index contributed by atoms with van der Waals surface area (Å²) in [6.07, 6.45) is 0. The highest BCUT2D eigenvalue weighted by molar-refractivity contribution is 5.83. The van der Waals surface area contributed by atoms with Crippen LogP contribution in [0.5, 0.6) is 0 Å². The normalized spacial score (nSPS) is 11.6. The Labute approximate surface area is 148 Å². The summed E-state index contributed by atoms with van der Waals surface area (Å²) < 4.78 is 5.53. The third-order valence-corrected chi connectivity index (χ3v) is 4.02. The van der Waals surface area contributed by atoms with Crippen molar-refractivity contribution in [2.24, 2.45) is 0 Å². The quantitative estimate of drug-likeness (QED) is 0.598. The van der Waals surface area contributed by atoms with Gasteiger partial charge in [0.25, 0.3) is 0 Å². The van der Waals surface area contributed by atoms with Crippen LogP contribution in [0.4, 0.5) is 11.4 Å². The zero-order valence-corrected chi connectivity index (χ0v) is 14.2. The molecule has 3 heteroatoms. The fourth-order valence-corrected chi connectivity index (χ4v) is 2.73. The van der Waals surface area contributed by atoms with Gasteiger partial charge in [-0.1, -0.05) is 66.7 Å². The summed E-state index contributed by atoms with van der Waals surface area (Å²) >= 11 is 0. The molecule has 0 saturated carbocycles. The Morgan fingerprint density at radius 2 is 1.24 bits per heavy atom. The SMILES string of the molecule is C[C@@H](C(=O)OCc1ccccc1)N(c1ccccc1)c1ccccc1. The monoisotopic (exact) mass is 331 g/mol. The lowest BCUT2D eigenvalue weighted by Crippen LogP contribution is -2.36. The molecule has 0 heterocycles. The first-order valence-electron chi connectivity index (χ1n) is 8.35. The van der Waals surface area contributed by atoms with E-state index in [1.165, 1.54) is 0 Å². The number of ether oxygens (including phenoxy) is 1. The van der Waals surface area contributed by atoms with Crippen molar-refractivity contribution in [1.82, 2.24) is 0 Å². The maximum atomic E-state index is 12.6. The highest BCUT2D eigenvalue weighted by atomic mass is 16.5. The molecule has 0 fully saturated rings. The van der Waals surface area contributed by atoms with Crippen molar-refractivity contribution in [2.45, 2.75) is 19.6 Å². The van der Waals surface area contributed by atoms with E-state index in [0.29, 0.717) is 0 Å². The lowest BCUT2D eigenvalue weighted by Gasteiger charge is -2.30. The van der Waals surface area contributed by atoms with E-state index >= 15 is 0 Å². The van der Waals surface area contributed by atoms with Gasteiger partial charge in [-0.25, -0.2) is 4.79 Å². The second-order valence-electron chi connectivity index (χ2n) is 5.81. The van der Waals surface area contributed by atoms with Crippen molar-refractivity contribution < 1.29 is 9.53 Å². The number of nitrogens with zero attached hydrogens (tertiary/aromatic N) is 1. The van der Waals surface area contributed by atoms with Crippen molar-refractivity contribution in [3.05, 3.63) is 96.6 Å². The molecule has 0 bridgehead atoms. The second kappa shape index (κ2) is 8.15. The highest BCUT2D eigenvalue weighted by Gasteiger charge is 2.24. The minimum absolute atomic E-state index is 0.253. The largest absolute Gasteiger partial charge is 0.459 e. The summed E-state index contributed by atoms with van der Waals surface area (Å²) in [4.78, 5) is 14.6. The lowest BCUT2D eigenvalue weighted by molar-refractivity contribution is -0.146. The van der Waals surface area contributed by atoms with E-state index in [1.54, 1.807) is 0 Å². The Hall–Kier alpha value is -3.07. The number of carbonyl (C=O) groups is 1. The van der Waals surface area contributed by atoms with Gasteiger partial charge in [0.05, 0.1) is 0 Å². The van der Waals surface area contributed by atoms with Crippen molar-refractivity contribution >= 4 is 17.3 Å². The van der Waals surface area contributed by atoms with Crippen molar-refractivity contribution in [1.29, 1.82) is 0 Å². The Kier molecular flexibility index (Phi) is 5.47. The predicted molar refractivity (Wildman–Crippen MR) is 101 cm³/mol. The molecule has 0 spiro atoms. The van der Waals surface area contributed by atoms with Gasteiger partial charge in [-0.3, -0.25) is 0 Å². The summed E-state index contributed by atoms with van der Waals surface area (Å²) in [7, 11) is 0.